The zero-order valence-electron chi connectivity index (χ0n) is 22.4. The smallest absolute Gasteiger partial charge is 0.0831 e. The maximum atomic E-state index is 5.33. The van der Waals surface area contributed by atoms with Crippen LogP contribution in [0.5, 0.6) is 0 Å². The van der Waals surface area contributed by atoms with Gasteiger partial charge < -0.3 is 4.98 Å². The number of aromatic amines is 1. The fourth-order valence-electron chi connectivity index (χ4n) is 5.35. The molecule has 0 radical (unpaired) electrons. The van der Waals surface area contributed by atoms with Gasteiger partial charge in [-0.05, 0) is 41.0 Å². The van der Waals surface area contributed by atoms with Crippen LogP contribution in [-0.4, -0.2) is 15.7 Å². The molecule has 0 fully saturated rings. The highest BCUT2D eigenvalue weighted by Gasteiger charge is 2.26. The molecule has 0 atom stereocenters. The van der Waals surface area contributed by atoms with Crippen molar-refractivity contribution in [1.82, 2.24) is 9.97 Å². The molecule has 4 aromatic carbocycles. The first-order valence-corrected chi connectivity index (χ1v) is 13.8. The summed E-state index contributed by atoms with van der Waals surface area (Å²) in [6.07, 6.45) is 4.05. The van der Waals surface area contributed by atoms with Crippen molar-refractivity contribution in [3.63, 3.8) is 0 Å². The number of rotatable bonds is 6. The average molecular weight is 526 g/mol. The second-order valence-electron chi connectivity index (χ2n) is 9.93. The molecule has 3 heteroatoms. The fraction of sp³-hybridized carbons (Fsp3) is 0. The number of allylic oxidation sites excluding steroid dienone is 2. The molecule has 6 aromatic rings. The van der Waals surface area contributed by atoms with Crippen molar-refractivity contribution in [3.8, 4) is 22.4 Å². The maximum Gasteiger partial charge on any atom is 0.0831 e. The molecule has 1 aliphatic rings. The van der Waals surface area contributed by atoms with Crippen LogP contribution in [0.25, 0.3) is 33.5 Å². The largest absolute Gasteiger partial charge is 0.354 e. The van der Waals surface area contributed by atoms with E-state index < -0.39 is 0 Å². The molecule has 0 amide bonds. The van der Waals surface area contributed by atoms with Gasteiger partial charge in [-0.15, -0.1) is 0 Å². The summed E-state index contributed by atoms with van der Waals surface area (Å²) in [6.45, 7) is 0. The summed E-state index contributed by atoms with van der Waals surface area (Å²) in [5, 5.41) is 0. The lowest BCUT2D eigenvalue weighted by Crippen LogP contribution is -1.99. The van der Waals surface area contributed by atoms with Crippen LogP contribution >= 0.6 is 0 Å². The molecule has 1 aliphatic heterocycles. The number of aliphatic imine (C=N–C) groups is 1. The molecule has 0 aliphatic carbocycles. The van der Waals surface area contributed by atoms with Gasteiger partial charge in [0.2, 0.25) is 0 Å². The summed E-state index contributed by atoms with van der Waals surface area (Å²) >= 11 is 0. The second kappa shape index (κ2) is 10.9. The van der Waals surface area contributed by atoms with E-state index in [0.29, 0.717) is 0 Å². The third kappa shape index (κ3) is 4.86. The molecule has 0 saturated heterocycles. The third-order valence-corrected chi connectivity index (χ3v) is 7.32. The topological polar surface area (TPSA) is 41.0 Å². The minimum atomic E-state index is 0.862. The fourth-order valence-corrected chi connectivity index (χ4v) is 5.35. The van der Waals surface area contributed by atoms with Crippen LogP contribution < -0.4 is 0 Å². The second-order valence-corrected chi connectivity index (χ2v) is 9.93. The highest BCUT2D eigenvalue weighted by molar-refractivity contribution is 6.20. The summed E-state index contributed by atoms with van der Waals surface area (Å²) in [5.41, 5.74) is 12.3. The lowest BCUT2D eigenvalue weighted by molar-refractivity contribution is 1.23. The zero-order chi connectivity index (χ0) is 27.4. The average Bonchev–Trinajstić information content (AvgIpc) is 3.70. The third-order valence-electron chi connectivity index (χ3n) is 7.32. The van der Waals surface area contributed by atoms with Gasteiger partial charge in [-0.2, -0.15) is 0 Å². The van der Waals surface area contributed by atoms with E-state index in [2.05, 4.69) is 126 Å². The van der Waals surface area contributed by atoms with E-state index in [-0.39, 0.29) is 0 Å². The quantitative estimate of drug-likeness (QED) is 0.231. The molecule has 7 rings (SSSR count). The predicted molar refractivity (Wildman–Crippen MR) is 169 cm³/mol. The Balaban J connectivity index is 1.55. The number of aromatic nitrogens is 2. The van der Waals surface area contributed by atoms with Crippen LogP contribution in [-0.2, 0) is 0 Å². The Labute approximate surface area is 239 Å². The van der Waals surface area contributed by atoms with Gasteiger partial charge >= 0.3 is 0 Å². The van der Waals surface area contributed by atoms with Gasteiger partial charge in [0.25, 0.3) is 0 Å². The minimum Gasteiger partial charge on any atom is -0.354 e. The lowest BCUT2D eigenvalue weighted by atomic mass is 9.93. The van der Waals surface area contributed by atoms with Crippen molar-refractivity contribution in [2.24, 2.45) is 4.99 Å². The first kappa shape index (κ1) is 24.5. The monoisotopic (exact) mass is 525 g/mol. The van der Waals surface area contributed by atoms with Gasteiger partial charge in [0.05, 0.1) is 28.4 Å². The molecular weight excluding hydrogens is 498 g/mol. The molecule has 194 valence electrons. The molecule has 1 N–H and O–H groups in total. The van der Waals surface area contributed by atoms with Gasteiger partial charge in [0.15, 0.2) is 0 Å². The first-order chi connectivity index (χ1) is 20.3. The van der Waals surface area contributed by atoms with Gasteiger partial charge in [0.1, 0.15) is 0 Å². The summed E-state index contributed by atoms with van der Waals surface area (Å²) in [5.74, 6) is 0. The first-order valence-electron chi connectivity index (χ1n) is 13.8. The summed E-state index contributed by atoms with van der Waals surface area (Å²) < 4.78 is 0. The zero-order valence-corrected chi connectivity index (χ0v) is 22.4. The number of pyridine rings is 1. The van der Waals surface area contributed by atoms with E-state index in [4.69, 9.17) is 9.98 Å². The number of nitrogens with one attached hydrogen (secondary N) is 1. The van der Waals surface area contributed by atoms with Crippen LogP contribution in [0.4, 0.5) is 0 Å². The molecule has 3 nitrogen and oxygen atoms in total. The molecule has 2 aromatic heterocycles. The molecule has 41 heavy (non-hydrogen) atoms. The molecule has 0 spiro atoms. The number of hydrogen-bond donors (Lipinski definition) is 1. The van der Waals surface area contributed by atoms with Crippen LogP contribution in [0.3, 0.4) is 0 Å². The van der Waals surface area contributed by atoms with E-state index in [0.717, 1.165) is 67.5 Å². The van der Waals surface area contributed by atoms with Crippen LogP contribution in [0.15, 0.2) is 169 Å². The van der Waals surface area contributed by atoms with Gasteiger partial charge in [-0.25, -0.2) is 4.99 Å². The van der Waals surface area contributed by atoms with Gasteiger partial charge in [-0.1, -0.05) is 127 Å². The van der Waals surface area contributed by atoms with Gasteiger partial charge in [0, 0.05) is 28.6 Å². The molecule has 0 bridgehead atoms. The van der Waals surface area contributed by atoms with Gasteiger partial charge in [-0.3, -0.25) is 4.98 Å². The molecule has 0 saturated carbocycles. The Morgan fingerprint density at radius 1 is 0.537 bits per heavy atom. The van der Waals surface area contributed by atoms with Crippen molar-refractivity contribution >= 4 is 16.9 Å². The highest BCUT2D eigenvalue weighted by Crippen LogP contribution is 2.42. The van der Waals surface area contributed by atoms with Crippen molar-refractivity contribution < 1.29 is 0 Å². The van der Waals surface area contributed by atoms with Crippen LogP contribution in [0, 0.1) is 0 Å². The molecule has 3 heterocycles. The Hall–Kier alpha value is -5.54. The Kier molecular flexibility index (Phi) is 6.52. The Morgan fingerprint density at radius 3 is 1.71 bits per heavy atom. The van der Waals surface area contributed by atoms with E-state index >= 15 is 0 Å². The number of hydrogen-bond acceptors (Lipinski definition) is 2. The number of H-pyrrole nitrogens is 1. The van der Waals surface area contributed by atoms with Crippen molar-refractivity contribution in [1.29, 1.82) is 0 Å². The van der Waals surface area contributed by atoms with Crippen molar-refractivity contribution in [2.75, 3.05) is 0 Å². The Bertz CT molecular complexity index is 1880. The van der Waals surface area contributed by atoms with E-state index in [1.165, 1.54) is 0 Å². The van der Waals surface area contributed by atoms with Crippen molar-refractivity contribution in [3.05, 3.63) is 186 Å². The standard InChI is InChI=1S/C38H27N3/c1-5-15-27(16-6-1)31-25-34(29-19-9-3-10-20-29)40-37(31)36(33-23-13-14-24-39-33)38-32(28-17-7-2-8-18-28)26-35(41-38)30-21-11-4-12-22-30/h1-26,40H/b38-36-. The molecular formula is C38H27N3. The minimum absolute atomic E-state index is 0.862. The number of nitrogens with zero attached hydrogens (tertiary/aromatic N) is 2. The maximum absolute atomic E-state index is 5.33. The highest BCUT2D eigenvalue weighted by atomic mass is 14.8. The summed E-state index contributed by atoms with van der Waals surface area (Å²) in [6, 6.07) is 50.1. The van der Waals surface area contributed by atoms with Crippen LogP contribution in [0.2, 0.25) is 0 Å². The Morgan fingerprint density at radius 2 is 1.10 bits per heavy atom. The number of benzene rings is 4. The predicted octanol–water partition coefficient (Wildman–Crippen LogP) is 9.09. The summed E-state index contributed by atoms with van der Waals surface area (Å²) in [4.78, 5) is 14.0. The van der Waals surface area contributed by atoms with Crippen LogP contribution in [0.1, 0.15) is 22.5 Å². The van der Waals surface area contributed by atoms with E-state index in [1.807, 2.05) is 36.5 Å². The van der Waals surface area contributed by atoms with E-state index in [9.17, 15) is 0 Å². The SMILES string of the molecule is C1=C(c2ccccc2)/C(=C(\c2ccccn2)c2[nH]c(-c3ccccc3)cc2-c2ccccc2)N=C1c1ccccc1. The molecule has 0 unspecified atom stereocenters. The van der Waals surface area contributed by atoms with E-state index in [1.54, 1.807) is 0 Å². The summed E-state index contributed by atoms with van der Waals surface area (Å²) in [7, 11) is 0. The lowest BCUT2D eigenvalue weighted by Gasteiger charge is -2.14. The van der Waals surface area contributed by atoms with Crippen molar-refractivity contribution in [2.45, 2.75) is 0 Å². The normalized spacial score (nSPS) is 14.0.